The summed E-state index contributed by atoms with van der Waals surface area (Å²) in [6.45, 7) is 13.1. The van der Waals surface area contributed by atoms with E-state index in [-0.39, 0.29) is 11.0 Å². The third-order valence-electron chi connectivity index (χ3n) is 5.12. The van der Waals surface area contributed by atoms with E-state index < -0.39 is 0 Å². The predicted molar refractivity (Wildman–Crippen MR) is 101 cm³/mol. The van der Waals surface area contributed by atoms with Crippen LogP contribution in [0.25, 0.3) is 0 Å². The molecule has 24 heavy (non-hydrogen) atoms. The molecule has 1 fully saturated rings. The maximum Gasteiger partial charge on any atom is 0.215 e. The number of hydrogen-bond acceptors (Lipinski definition) is 4. The van der Waals surface area contributed by atoms with Gasteiger partial charge in [0, 0.05) is 36.9 Å². The van der Waals surface area contributed by atoms with Crippen molar-refractivity contribution >= 4 is 0 Å². The quantitative estimate of drug-likeness (QED) is 0.332. The van der Waals surface area contributed by atoms with Crippen molar-refractivity contribution in [1.82, 2.24) is 10.2 Å². The summed E-state index contributed by atoms with van der Waals surface area (Å²) in [6, 6.07) is 0.339. The lowest BCUT2D eigenvalue weighted by atomic mass is 9.97. The Labute approximate surface area is 148 Å². The fourth-order valence-electron chi connectivity index (χ4n) is 3.38. The molecule has 5 nitrogen and oxygen atoms in total. The normalized spacial score (nSPS) is 17.3. The van der Waals surface area contributed by atoms with Gasteiger partial charge in [0.05, 0.1) is 0 Å². The maximum atomic E-state index is 10.8. The lowest BCUT2D eigenvalue weighted by molar-refractivity contribution is -0.526. The molecule has 1 heterocycles. The fraction of sp³-hybridized carbons (Fsp3) is 1.00. The van der Waals surface area contributed by atoms with Crippen LogP contribution in [0.3, 0.4) is 0 Å². The first-order chi connectivity index (χ1) is 11.4. The van der Waals surface area contributed by atoms with Crippen LogP contribution in [0, 0.1) is 22.0 Å². The summed E-state index contributed by atoms with van der Waals surface area (Å²) < 4.78 is 0. The van der Waals surface area contributed by atoms with Crippen LogP contribution in [0.1, 0.15) is 72.6 Å². The van der Waals surface area contributed by atoms with E-state index in [1.54, 1.807) is 0 Å². The van der Waals surface area contributed by atoms with Crippen molar-refractivity contribution in [2.45, 2.75) is 84.7 Å². The molecule has 1 N–H and O–H groups in total. The second-order valence-electron chi connectivity index (χ2n) is 8.31. The molecule has 1 rings (SSSR count). The number of rotatable bonds is 12. The molecule has 0 aromatic rings. The van der Waals surface area contributed by atoms with Crippen LogP contribution in [0.4, 0.5) is 0 Å². The highest BCUT2D eigenvalue weighted by molar-refractivity contribution is 4.73. The average molecular weight is 342 g/mol. The van der Waals surface area contributed by atoms with Gasteiger partial charge in [0.1, 0.15) is 0 Å². The predicted octanol–water partition coefficient (Wildman–Crippen LogP) is 3.95. The first-order valence-electron chi connectivity index (χ1n) is 9.97. The topological polar surface area (TPSA) is 58.4 Å². The van der Waals surface area contributed by atoms with Gasteiger partial charge < -0.3 is 10.2 Å². The smallest absolute Gasteiger partial charge is 0.215 e. The van der Waals surface area contributed by atoms with Gasteiger partial charge in [-0.15, -0.1) is 0 Å². The molecular formula is C19H39N3O2. The van der Waals surface area contributed by atoms with Gasteiger partial charge in [0.15, 0.2) is 0 Å². The Morgan fingerprint density at radius 3 is 2.04 bits per heavy atom. The van der Waals surface area contributed by atoms with Crippen molar-refractivity contribution in [2.75, 3.05) is 26.2 Å². The standard InChI is InChI=1S/C19H39N3O2/c1-16(2)6-8-18(9-7-17(3)4)20-12-5-13-21-14-10-19(11-15-21)22(23)24/h16-20H,5-15H2,1-4H3. The summed E-state index contributed by atoms with van der Waals surface area (Å²) in [6.07, 6.45) is 7.71. The Morgan fingerprint density at radius 1 is 1.04 bits per heavy atom. The van der Waals surface area contributed by atoms with E-state index in [9.17, 15) is 10.1 Å². The van der Waals surface area contributed by atoms with Crippen LogP contribution >= 0.6 is 0 Å². The van der Waals surface area contributed by atoms with E-state index >= 15 is 0 Å². The molecule has 0 amide bonds. The van der Waals surface area contributed by atoms with Crippen LogP contribution in [-0.4, -0.2) is 48.1 Å². The molecule has 0 radical (unpaired) electrons. The van der Waals surface area contributed by atoms with E-state index in [1.807, 2.05) is 0 Å². The lowest BCUT2D eigenvalue weighted by Crippen LogP contribution is -2.40. The second kappa shape index (κ2) is 11.8. The van der Waals surface area contributed by atoms with E-state index in [0.29, 0.717) is 18.9 Å². The molecule has 0 saturated carbocycles. The van der Waals surface area contributed by atoms with Crippen molar-refractivity contribution in [1.29, 1.82) is 0 Å². The number of nitro groups is 1. The molecule has 1 aliphatic heterocycles. The molecule has 0 unspecified atom stereocenters. The first kappa shape index (κ1) is 21.4. The highest BCUT2D eigenvalue weighted by Gasteiger charge is 2.26. The largest absolute Gasteiger partial charge is 0.314 e. The summed E-state index contributed by atoms with van der Waals surface area (Å²) in [5.74, 6) is 1.55. The SMILES string of the molecule is CC(C)CCC(CCC(C)C)NCCCN1CCC([N+](=O)[O-])CC1. The minimum absolute atomic E-state index is 0.104. The van der Waals surface area contributed by atoms with Crippen molar-refractivity contribution in [2.24, 2.45) is 11.8 Å². The van der Waals surface area contributed by atoms with Crippen LogP contribution in [0.2, 0.25) is 0 Å². The second-order valence-corrected chi connectivity index (χ2v) is 8.31. The molecular weight excluding hydrogens is 302 g/mol. The van der Waals surface area contributed by atoms with E-state index in [4.69, 9.17) is 0 Å². The Balaban J connectivity index is 2.18. The molecule has 0 bridgehead atoms. The van der Waals surface area contributed by atoms with Gasteiger partial charge in [0.2, 0.25) is 6.04 Å². The number of nitrogens with one attached hydrogen (secondary N) is 1. The minimum Gasteiger partial charge on any atom is -0.314 e. The zero-order valence-electron chi connectivity index (χ0n) is 16.3. The third-order valence-corrected chi connectivity index (χ3v) is 5.12. The summed E-state index contributed by atoms with van der Waals surface area (Å²) in [5, 5.41) is 14.6. The van der Waals surface area contributed by atoms with Crippen molar-refractivity contribution in [3.8, 4) is 0 Å². The Kier molecular flexibility index (Phi) is 10.5. The summed E-state index contributed by atoms with van der Waals surface area (Å²) >= 11 is 0. The summed E-state index contributed by atoms with van der Waals surface area (Å²) in [5.41, 5.74) is 0. The fourth-order valence-corrected chi connectivity index (χ4v) is 3.38. The van der Waals surface area contributed by atoms with Gasteiger partial charge in [-0.05, 0) is 57.0 Å². The Morgan fingerprint density at radius 2 is 1.58 bits per heavy atom. The van der Waals surface area contributed by atoms with Gasteiger partial charge in [-0.3, -0.25) is 10.1 Å². The monoisotopic (exact) mass is 341 g/mol. The average Bonchev–Trinajstić information content (AvgIpc) is 2.53. The lowest BCUT2D eigenvalue weighted by Gasteiger charge is -2.28. The zero-order valence-corrected chi connectivity index (χ0v) is 16.3. The molecule has 0 aromatic carbocycles. The van der Waals surface area contributed by atoms with Gasteiger partial charge >= 0.3 is 0 Å². The zero-order chi connectivity index (χ0) is 17.9. The first-order valence-corrected chi connectivity index (χ1v) is 9.97. The van der Waals surface area contributed by atoms with Gasteiger partial charge in [0.25, 0.3) is 0 Å². The van der Waals surface area contributed by atoms with Gasteiger partial charge in [-0.2, -0.15) is 0 Å². The maximum absolute atomic E-state index is 10.8. The minimum atomic E-state index is -0.309. The van der Waals surface area contributed by atoms with Crippen molar-refractivity contribution < 1.29 is 4.92 Å². The van der Waals surface area contributed by atoms with E-state index in [1.165, 1.54) is 25.7 Å². The van der Waals surface area contributed by atoms with Gasteiger partial charge in [-0.25, -0.2) is 0 Å². The Hall–Kier alpha value is -0.680. The van der Waals surface area contributed by atoms with Crippen LogP contribution in [0.15, 0.2) is 0 Å². The van der Waals surface area contributed by atoms with E-state index in [0.717, 1.165) is 44.4 Å². The molecule has 0 spiro atoms. The highest BCUT2D eigenvalue weighted by atomic mass is 16.6. The van der Waals surface area contributed by atoms with Crippen LogP contribution in [0.5, 0.6) is 0 Å². The molecule has 142 valence electrons. The number of likely N-dealkylation sites (tertiary alicyclic amines) is 1. The molecule has 0 aliphatic carbocycles. The number of piperidine rings is 1. The van der Waals surface area contributed by atoms with Crippen LogP contribution < -0.4 is 5.32 Å². The van der Waals surface area contributed by atoms with Crippen molar-refractivity contribution in [3.05, 3.63) is 10.1 Å². The molecule has 1 saturated heterocycles. The van der Waals surface area contributed by atoms with Crippen molar-refractivity contribution in [3.63, 3.8) is 0 Å². The molecule has 1 aliphatic rings. The Bertz CT molecular complexity index is 328. The summed E-state index contributed by atoms with van der Waals surface area (Å²) in [7, 11) is 0. The highest BCUT2D eigenvalue weighted by Crippen LogP contribution is 2.15. The molecule has 0 atom stereocenters. The number of hydrogen-bond donors (Lipinski definition) is 1. The van der Waals surface area contributed by atoms with E-state index in [2.05, 4.69) is 37.9 Å². The molecule has 5 heteroatoms. The summed E-state index contributed by atoms with van der Waals surface area (Å²) in [4.78, 5) is 13.1. The van der Waals surface area contributed by atoms with Gasteiger partial charge in [-0.1, -0.05) is 27.7 Å². The molecule has 0 aromatic heterocycles. The third kappa shape index (κ3) is 9.58. The number of nitrogens with zero attached hydrogens (tertiary/aromatic N) is 2. The van der Waals surface area contributed by atoms with Crippen LogP contribution in [-0.2, 0) is 0 Å².